The van der Waals surface area contributed by atoms with E-state index in [2.05, 4.69) is 15.5 Å². The Morgan fingerprint density at radius 1 is 1.21 bits per heavy atom. The number of benzene rings is 2. The van der Waals surface area contributed by atoms with E-state index in [0.29, 0.717) is 23.9 Å². The monoisotopic (exact) mass is 403 g/mol. The number of phenols is 1. The Labute approximate surface area is 170 Å². The lowest BCUT2D eigenvalue weighted by molar-refractivity contribution is 0.123. The summed E-state index contributed by atoms with van der Waals surface area (Å²) in [5.41, 5.74) is 2.76. The lowest BCUT2D eigenvalue weighted by atomic mass is 10.1. The fraction of sp³-hybridized carbons (Fsp3) is 0.381. The second-order valence-electron chi connectivity index (χ2n) is 6.97. The third-order valence-corrected chi connectivity index (χ3v) is 4.97. The quantitative estimate of drug-likeness (QED) is 0.681. The molecule has 7 heteroatoms. The summed E-state index contributed by atoms with van der Waals surface area (Å²) < 4.78 is 5.41. The lowest BCUT2D eigenvalue weighted by Gasteiger charge is -2.30. The Bertz CT molecular complexity index is 792. The van der Waals surface area contributed by atoms with Crippen molar-refractivity contribution in [3.8, 4) is 5.75 Å². The van der Waals surface area contributed by atoms with Gasteiger partial charge in [0.2, 0.25) is 0 Å². The van der Waals surface area contributed by atoms with Gasteiger partial charge in [0.25, 0.3) is 0 Å². The van der Waals surface area contributed by atoms with Crippen LogP contribution >= 0.6 is 11.6 Å². The molecule has 1 saturated heterocycles. The van der Waals surface area contributed by atoms with Crippen LogP contribution in [0.15, 0.2) is 42.5 Å². The molecule has 2 aromatic rings. The van der Waals surface area contributed by atoms with E-state index in [0.717, 1.165) is 37.2 Å². The zero-order chi connectivity index (χ0) is 19.9. The van der Waals surface area contributed by atoms with E-state index in [1.54, 1.807) is 18.2 Å². The van der Waals surface area contributed by atoms with Crippen molar-refractivity contribution in [2.45, 2.75) is 25.8 Å². The predicted molar refractivity (Wildman–Crippen MR) is 113 cm³/mol. The van der Waals surface area contributed by atoms with Crippen molar-refractivity contribution < 1.29 is 14.6 Å². The molecule has 1 aliphatic heterocycles. The number of phenolic OH excluding ortho intramolecular Hbond substituents is 1. The van der Waals surface area contributed by atoms with Crippen molar-refractivity contribution in [2.24, 2.45) is 0 Å². The summed E-state index contributed by atoms with van der Waals surface area (Å²) in [6, 6.07) is 12.4. The van der Waals surface area contributed by atoms with Crippen molar-refractivity contribution in [3.63, 3.8) is 0 Å². The average Bonchev–Trinajstić information content (AvgIpc) is 2.68. The van der Waals surface area contributed by atoms with E-state index in [1.807, 2.05) is 31.2 Å². The largest absolute Gasteiger partial charge is 0.508 e. The van der Waals surface area contributed by atoms with E-state index in [9.17, 15) is 9.90 Å². The molecule has 6 nitrogen and oxygen atoms in total. The zero-order valence-corrected chi connectivity index (χ0v) is 16.7. The molecule has 0 bridgehead atoms. The van der Waals surface area contributed by atoms with Gasteiger partial charge in [-0.3, -0.25) is 0 Å². The zero-order valence-electron chi connectivity index (χ0n) is 16.0. The number of hydrogen-bond donors (Lipinski definition) is 3. The van der Waals surface area contributed by atoms with Crippen LogP contribution in [0.5, 0.6) is 5.75 Å². The minimum atomic E-state index is -0.255. The van der Waals surface area contributed by atoms with Crippen molar-refractivity contribution in [2.75, 3.05) is 36.5 Å². The van der Waals surface area contributed by atoms with Crippen LogP contribution in [0.1, 0.15) is 18.9 Å². The Hall–Kier alpha value is -2.44. The number of nitrogens with one attached hydrogen (secondary N) is 2. The number of carbonyl (C=O) groups excluding carboxylic acids is 1. The number of aryl methyl sites for hydroxylation is 1. The molecule has 1 aliphatic rings. The molecule has 3 N–H and O–H groups in total. The topological polar surface area (TPSA) is 73.8 Å². The van der Waals surface area contributed by atoms with Crippen LogP contribution in [0, 0.1) is 0 Å². The molecule has 0 aliphatic carbocycles. The molecule has 0 spiro atoms. The molecule has 28 heavy (non-hydrogen) atoms. The maximum absolute atomic E-state index is 12.5. The van der Waals surface area contributed by atoms with Gasteiger partial charge in [0.15, 0.2) is 0 Å². The number of rotatable bonds is 6. The number of nitrogens with zero attached hydrogens (tertiary/aromatic N) is 1. The number of hydrogen-bond acceptors (Lipinski definition) is 4. The molecular weight excluding hydrogens is 378 g/mol. The molecule has 0 radical (unpaired) electrons. The molecule has 1 fully saturated rings. The molecule has 2 amide bonds. The SMILES string of the molecule is CC(CCc1ccc(O)cc1)NC(=O)Nc1cc(Cl)ccc1N1CCOCC1. The Morgan fingerprint density at radius 2 is 1.93 bits per heavy atom. The van der Waals surface area contributed by atoms with E-state index in [4.69, 9.17) is 16.3 Å². The first-order valence-electron chi connectivity index (χ1n) is 9.49. The third kappa shape index (κ3) is 5.78. The molecular formula is C21H26ClN3O3. The predicted octanol–water partition coefficient (Wildman–Crippen LogP) is 4.03. The lowest BCUT2D eigenvalue weighted by Crippen LogP contribution is -2.39. The molecule has 1 heterocycles. The summed E-state index contributed by atoms with van der Waals surface area (Å²) in [5.74, 6) is 0.256. The summed E-state index contributed by atoms with van der Waals surface area (Å²) in [5, 5.41) is 15.8. The normalized spacial score (nSPS) is 15.1. The maximum atomic E-state index is 12.5. The second-order valence-corrected chi connectivity index (χ2v) is 7.40. The van der Waals surface area contributed by atoms with Crippen LogP contribution in [0.3, 0.4) is 0 Å². The molecule has 0 saturated carbocycles. The summed E-state index contributed by atoms with van der Waals surface area (Å²) >= 11 is 6.14. The van der Waals surface area contributed by atoms with E-state index >= 15 is 0 Å². The first kappa shape index (κ1) is 20.3. The Kier molecular flexibility index (Phi) is 7.01. The van der Waals surface area contributed by atoms with Crippen LogP contribution in [0.4, 0.5) is 16.2 Å². The third-order valence-electron chi connectivity index (χ3n) is 4.74. The van der Waals surface area contributed by atoms with Gasteiger partial charge in [0, 0.05) is 24.2 Å². The van der Waals surface area contributed by atoms with Crippen molar-refractivity contribution >= 4 is 29.0 Å². The van der Waals surface area contributed by atoms with Crippen LogP contribution < -0.4 is 15.5 Å². The summed E-state index contributed by atoms with van der Waals surface area (Å²) in [6.07, 6.45) is 1.61. The van der Waals surface area contributed by atoms with Crippen LogP contribution in [0.25, 0.3) is 0 Å². The highest BCUT2D eigenvalue weighted by Gasteiger charge is 2.17. The van der Waals surface area contributed by atoms with Crippen LogP contribution in [-0.2, 0) is 11.2 Å². The highest BCUT2D eigenvalue weighted by Crippen LogP contribution is 2.29. The number of ether oxygens (including phenoxy) is 1. The van der Waals surface area contributed by atoms with Gasteiger partial charge in [0.1, 0.15) is 5.75 Å². The minimum Gasteiger partial charge on any atom is -0.508 e. The maximum Gasteiger partial charge on any atom is 0.319 e. The smallest absolute Gasteiger partial charge is 0.319 e. The van der Waals surface area contributed by atoms with Gasteiger partial charge in [-0.15, -0.1) is 0 Å². The number of anilines is 2. The summed E-state index contributed by atoms with van der Waals surface area (Å²) in [4.78, 5) is 14.7. The summed E-state index contributed by atoms with van der Waals surface area (Å²) in [7, 11) is 0. The molecule has 2 aromatic carbocycles. The average molecular weight is 404 g/mol. The molecule has 150 valence electrons. The number of carbonyl (C=O) groups is 1. The number of amides is 2. The van der Waals surface area contributed by atoms with E-state index in [1.165, 1.54) is 0 Å². The Balaban J connectivity index is 1.56. The molecule has 1 unspecified atom stereocenters. The van der Waals surface area contributed by atoms with E-state index < -0.39 is 0 Å². The fourth-order valence-electron chi connectivity index (χ4n) is 3.19. The van der Waals surface area contributed by atoms with Gasteiger partial charge < -0.3 is 25.4 Å². The second kappa shape index (κ2) is 9.66. The molecule has 0 aromatic heterocycles. The number of aromatic hydroxyl groups is 1. The standard InChI is InChI=1S/C21H26ClN3O3/c1-15(2-3-16-4-7-18(26)8-5-16)23-21(27)24-19-14-17(22)6-9-20(19)25-10-12-28-13-11-25/h4-9,14-15,26H,2-3,10-13H2,1H3,(H2,23,24,27). The van der Waals surface area contributed by atoms with Gasteiger partial charge in [0.05, 0.1) is 24.6 Å². The van der Waals surface area contributed by atoms with Gasteiger partial charge in [-0.1, -0.05) is 23.7 Å². The molecule has 3 rings (SSSR count). The van der Waals surface area contributed by atoms with Crippen molar-refractivity contribution in [1.82, 2.24) is 5.32 Å². The first-order chi connectivity index (χ1) is 13.5. The van der Waals surface area contributed by atoms with Crippen molar-refractivity contribution in [1.29, 1.82) is 0 Å². The Morgan fingerprint density at radius 3 is 2.64 bits per heavy atom. The van der Waals surface area contributed by atoms with Crippen LogP contribution in [-0.4, -0.2) is 43.5 Å². The summed E-state index contributed by atoms with van der Waals surface area (Å²) in [6.45, 7) is 4.87. The number of morpholine rings is 1. The highest BCUT2D eigenvalue weighted by atomic mass is 35.5. The van der Waals surface area contributed by atoms with Gasteiger partial charge in [-0.2, -0.15) is 0 Å². The van der Waals surface area contributed by atoms with Gasteiger partial charge >= 0.3 is 6.03 Å². The molecule has 1 atom stereocenters. The minimum absolute atomic E-state index is 0.000163. The van der Waals surface area contributed by atoms with Gasteiger partial charge in [-0.05, 0) is 55.7 Å². The number of urea groups is 1. The number of halogens is 1. The van der Waals surface area contributed by atoms with Gasteiger partial charge in [-0.25, -0.2) is 4.79 Å². The highest BCUT2D eigenvalue weighted by molar-refractivity contribution is 6.31. The van der Waals surface area contributed by atoms with Crippen molar-refractivity contribution in [3.05, 3.63) is 53.1 Å². The fourth-order valence-corrected chi connectivity index (χ4v) is 3.36. The first-order valence-corrected chi connectivity index (χ1v) is 9.87. The van der Waals surface area contributed by atoms with E-state index in [-0.39, 0.29) is 17.8 Å². The van der Waals surface area contributed by atoms with Crippen LogP contribution in [0.2, 0.25) is 5.02 Å².